The molecule has 23 heavy (non-hydrogen) atoms. The van der Waals surface area contributed by atoms with E-state index in [1.54, 1.807) is 0 Å². The first kappa shape index (κ1) is 16.7. The monoisotopic (exact) mass is 339 g/mol. The van der Waals surface area contributed by atoms with Crippen LogP contribution in [0.25, 0.3) is 0 Å². The van der Waals surface area contributed by atoms with E-state index in [1.165, 1.54) is 12.8 Å². The van der Waals surface area contributed by atoms with Crippen molar-refractivity contribution in [3.05, 3.63) is 11.9 Å². The van der Waals surface area contributed by atoms with E-state index in [9.17, 15) is 4.79 Å². The molecular weight excluding hydrogens is 314 g/mol. The molecule has 0 aromatic carbocycles. The number of halogens is 1. The summed E-state index contributed by atoms with van der Waals surface area (Å²) in [6.45, 7) is 4.04. The summed E-state index contributed by atoms with van der Waals surface area (Å²) in [5.41, 5.74) is 6.87. The number of nitrogens with two attached hydrogens (primary N) is 1. The highest BCUT2D eigenvalue weighted by Gasteiger charge is 2.59. The Morgan fingerprint density at radius 2 is 2.13 bits per heavy atom. The molecule has 3 fully saturated rings. The van der Waals surface area contributed by atoms with Gasteiger partial charge in [0.2, 0.25) is 0 Å². The number of aromatic nitrogens is 3. The Balaban J connectivity index is 0.00000156. The average Bonchev–Trinajstić information content (AvgIpc) is 2.92. The summed E-state index contributed by atoms with van der Waals surface area (Å²) in [6, 6.07) is 0.672. The van der Waals surface area contributed by atoms with Gasteiger partial charge in [-0.15, -0.1) is 17.5 Å². The number of likely N-dealkylation sites (tertiary alicyclic amines) is 1. The van der Waals surface area contributed by atoms with Crippen LogP contribution in [-0.4, -0.2) is 44.9 Å². The molecule has 0 bridgehead atoms. The first-order valence-corrected chi connectivity index (χ1v) is 8.58. The minimum atomic E-state index is 0. The molecule has 4 rings (SSSR count). The zero-order valence-corrected chi connectivity index (χ0v) is 14.5. The molecule has 0 radical (unpaired) electrons. The molecule has 2 atom stereocenters. The summed E-state index contributed by atoms with van der Waals surface area (Å²) in [5, 5.41) is 8.34. The van der Waals surface area contributed by atoms with Gasteiger partial charge in [-0.1, -0.05) is 12.1 Å². The molecule has 2 heterocycles. The van der Waals surface area contributed by atoms with E-state index in [2.05, 4.69) is 17.2 Å². The highest BCUT2D eigenvalue weighted by molar-refractivity contribution is 5.92. The highest BCUT2D eigenvalue weighted by Crippen LogP contribution is 2.59. The van der Waals surface area contributed by atoms with Crippen LogP contribution in [-0.2, 0) is 0 Å². The van der Waals surface area contributed by atoms with Crippen LogP contribution < -0.4 is 5.73 Å². The second-order valence-corrected chi connectivity index (χ2v) is 7.46. The molecule has 2 N–H and O–H groups in total. The molecule has 3 aliphatic rings. The standard InChI is InChI=1S/C16H25N5O.ClH/c1-2-16-7-11(16)8-20(10-16)15(22)14-9-21(19-18-14)13-5-3-12(17)4-6-13;/h9,11-13H,2-8,10,17H2,1H3;1H. The van der Waals surface area contributed by atoms with Crippen LogP contribution in [0.3, 0.4) is 0 Å². The van der Waals surface area contributed by atoms with Crippen molar-refractivity contribution < 1.29 is 4.79 Å². The van der Waals surface area contributed by atoms with Crippen LogP contribution in [0.5, 0.6) is 0 Å². The summed E-state index contributed by atoms with van der Waals surface area (Å²) in [7, 11) is 0. The van der Waals surface area contributed by atoms with Gasteiger partial charge in [0.25, 0.3) is 5.91 Å². The fourth-order valence-corrected chi connectivity index (χ4v) is 4.38. The number of piperidine rings is 1. The number of nitrogens with zero attached hydrogens (tertiary/aromatic N) is 4. The van der Waals surface area contributed by atoms with E-state index in [0.29, 0.717) is 23.2 Å². The number of fused-ring (bicyclic) bond motifs is 1. The molecule has 2 saturated carbocycles. The van der Waals surface area contributed by atoms with Crippen molar-refractivity contribution in [3.8, 4) is 0 Å². The Morgan fingerprint density at radius 3 is 2.78 bits per heavy atom. The van der Waals surface area contributed by atoms with Gasteiger partial charge in [-0.05, 0) is 49.9 Å². The lowest BCUT2D eigenvalue weighted by molar-refractivity contribution is 0.0758. The minimum absolute atomic E-state index is 0. The Bertz CT molecular complexity index is 579. The molecule has 1 aliphatic heterocycles. The van der Waals surface area contributed by atoms with E-state index in [4.69, 9.17) is 5.73 Å². The number of hydrogen-bond acceptors (Lipinski definition) is 4. The first-order chi connectivity index (χ1) is 10.6. The van der Waals surface area contributed by atoms with Gasteiger partial charge in [-0.25, -0.2) is 4.68 Å². The molecule has 6 nitrogen and oxygen atoms in total. The van der Waals surface area contributed by atoms with Crippen molar-refractivity contribution in [1.29, 1.82) is 0 Å². The van der Waals surface area contributed by atoms with Crippen molar-refractivity contribution in [2.24, 2.45) is 17.1 Å². The fraction of sp³-hybridized carbons (Fsp3) is 0.812. The van der Waals surface area contributed by atoms with E-state index in [0.717, 1.165) is 44.7 Å². The van der Waals surface area contributed by atoms with Crippen LogP contribution in [0.2, 0.25) is 0 Å². The minimum Gasteiger partial charge on any atom is -0.336 e. The summed E-state index contributed by atoms with van der Waals surface area (Å²) in [4.78, 5) is 14.6. The van der Waals surface area contributed by atoms with Crippen molar-refractivity contribution in [2.75, 3.05) is 13.1 Å². The Kier molecular flexibility index (Phi) is 4.40. The zero-order valence-electron chi connectivity index (χ0n) is 13.6. The molecule has 1 aromatic rings. The Hall–Kier alpha value is -1.14. The van der Waals surface area contributed by atoms with Gasteiger partial charge in [0.15, 0.2) is 5.69 Å². The van der Waals surface area contributed by atoms with Crippen molar-refractivity contribution in [3.63, 3.8) is 0 Å². The lowest BCUT2D eigenvalue weighted by Gasteiger charge is -2.25. The number of hydrogen-bond donors (Lipinski definition) is 1. The largest absolute Gasteiger partial charge is 0.336 e. The lowest BCUT2D eigenvalue weighted by Crippen LogP contribution is -2.32. The number of rotatable bonds is 3. The smallest absolute Gasteiger partial charge is 0.276 e. The Morgan fingerprint density at radius 1 is 1.39 bits per heavy atom. The summed E-state index contributed by atoms with van der Waals surface area (Å²) >= 11 is 0. The first-order valence-electron chi connectivity index (χ1n) is 8.58. The van der Waals surface area contributed by atoms with Gasteiger partial charge in [-0.3, -0.25) is 4.79 Å². The Labute approximate surface area is 143 Å². The predicted octanol–water partition coefficient (Wildman–Crippen LogP) is 2.01. The van der Waals surface area contributed by atoms with Crippen molar-refractivity contribution in [1.82, 2.24) is 19.9 Å². The van der Waals surface area contributed by atoms with E-state index in [-0.39, 0.29) is 18.3 Å². The quantitative estimate of drug-likeness (QED) is 0.913. The molecule has 2 aliphatic carbocycles. The van der Waals surface area contributed by atoms with Crippen molar-refractivity contribution >= 4 is 18.3 Å². The number of carbonyl (C=O) groups excluding carboxylic acids is 1. The number of amides is 1. The molecule has 1 aromatic heterocycles. The summed E-state index contributed by atoms with van der Waals surface area (Å²) < 4.78 is 1.88. The lowest BCUT2D eigenvalue weighted by atomic mass is 9.92. The van der Waals surface area contributed by atoms with Crippen LogP contribution in [0.1, 0.15) is 62.0 Å². The third-order valence-electron chi connectivity index (χ3n) is 6.14. The molecule has 0 spiro atoms. The molecule has 1 amide bonds. The van der Waals surface area contributed by atoms with Gasteiger partial charge in [0.1, 0.15) is 0 Å². The third kappa shape index (κ3) is 2.87. The number of carbonyl (C=O) groups is 1. The average molecular weight is 340 g/mol. The van der Waals surface area contributed by atoms with Gasteiger partial charge < -0.3 is 10.6 Å². The van der Waals surface area contributed by atoms with Crippen LogP contribution >= 0.6 is 12.4 Å². The normalized spacial score (nSPS) is 35.6. The van der Waals surface area contributed by atoms with Crippen molar-refractivity contribution in [2.45, 2.75) is 57.5 Å². The molecule has 7 heteroatoms. The van der Waals surface area contributed by atoms with Gasteiger partial charge in [0.05, 0.1) is 12.2 Å². The van der Waals surface area contributed by atoms with E-state index in [1.807, 2.05) is 15.8 Å². The van der Waals surface area contributed by atoms with E-state index < -0.39 is 0 Å². The second-order valence-electron chi connectivity index (χ2n) is 7.46. The van der Waals surface area contributed by atoms with Gasteiger partial charge in [0, 0.05) is 19.1 Å². The molecule has 128 valence electrons. The second kappa shape index (κ2) is 6.06. The molecular formula is C16H26ClN5O. The van der Waals surface area contributed by atoms with Crippen LogP contribution in [0, 0.1) is 11.3 Å². The molecule has 2 unspecified atom stereocenters. The topological polar surface area (TPSA) is 77.0 Å². The van der Waals surface area contributed by atoms with Crippen LogP contribution in [0.15, 0.2) is 6.20 Å². The third-order valence-corrected chi connectivity index (χ3v) is 6.14. The summed E-state index contributed by atoms with van der Waals surface area (Å²) in [6.07, 6.45) is 8.43. The van der Waals surface area contributed by atoms with E-state index >= 15 is 0 Å². The van der Waals surface area contributed by atoms with Gasteiger partial charge >= 0.3 is 0 Å². The maximum atomic E-state index is 12.6. The van der Waals surface area contributed by atoms with Gasteiger partial charge in [-0.2, -0.15) is 0 Å². The maximum Gasteiger partial charge on any atom is 0.276 e. The summed E-state index contributed by atoms with van der Waals surface area (Å²) in [5.74, 6) is 0.773. The SMILES string of the molecule is CCC12CC1CN(C(=O)c1cn(C3CCC(N)CC3)nn1)C2.Cl. The zero-order chi connectivity index (χ0) is 15.3. The predicted molar refractivity (Wildman–Crippen MR) is 89.5 cm³/mol. The highest BCUT2D eigenvalue weighted by atomic mass is 35.5. The maximum absolute atomic E-state index is 12.6. The van der Waals surface area contributed by atoms with Crippen LogP contribution in [0.4, 0.5) is 0 Å². The fourth-order valence-electron chi connectivity index (χ4n) is 4.38. The molecule has 1 saturated heterocycles.